The second-order valence-corrected chi connectivity index (χ2v) is 8.09. The maximum atomic E-state index is 11.8. The molecule has 1 aliphatic carbocycles. The lowest BCUT2D eigenvalue weighted by atomic mass is 9.62. The monoisotopic (exact) mass is 387 g/mol. The average Bonchev–Trinajstić information content (AvgIpc) is 3.10. The van der Waals surface area contributed by atoms with E-state index in [1.54, 1.807) is 19.4 Å². The van der Waals surface area contributed by atoms with E-state index in [1.165, 1.54) is 6.42 Å². The number of carbonyl (C=O) groups is 2. The van der Waals surface area contributed by atoms with E-state index in [2.05, 4.69) is 15.2 Å². The van der Waals surface area contributed by atoms with Gasteiger partial charge in [-0.2, -0.15) is 0 Å². The molecule has 3 heterocycles. The van der Waals surface area contributed by atoms with Gasteiger partial charge in [-0.25, -0.2) is 4.79 Å². The molecular formula is C20H29N5O3. The molecule has 1 saturated carbocycles. The fraction of sp³-hybridized carbons (Fsp3) is 0.650. The molecular weight excluding hydrogens is 358 g/mol. The molecule has 1 unspecified atom stereocenters. The molecule has 8 nitrogen and oxygen atoms in total. The molecule has 8 heteroatoms. The van der Waals surface area contributed by atoms with Crippen LogP contribution >= 0.6 is 0 Å². The molecule has 3 N–H and O–H groups in total. The molecule has 28 heavy (non-hydrogen) atoms. The molecule has 2 bridgehead atoms. The Bertz CT molecular complexity index is 741. The summed E-state index contributed by atoms with van der Waals surface area (Å²) in [5.74, 6) is 0.153. The first-order chi connectivity index (χ1) is 13.5. The quantitative estimate of drug-likeness (QED) is 0.751. The fourth-order valence-corrected chi connectivity index (χ4v) is 5.42. The number of methoxy groups -OCH3 is 1. The molecule has 0 radical (unpaired) electrons. The first-order valence-corrected chi connectivity index (χ1v) is 10.1. The Balaban J connectivity index is 1.54. The van der Waals surface area contributed by atoms with Gasteiger partial charge in [0, 0.05) is 64.4 Å². The van der Waals surface area contributed by atoms with Crippen LogP contribution in [0.4, 0.5) is 4.79 Å². The average molecular weight is 387 g/mol. The van der Waals surface area contributed by atoms with Crippen LogP contribution in [0.15, 0.2) is 18.3 Å². The van der Waals surface area contributed by atoms with Crippen molar-refractivity contribution in [2.24, 2.45) is 17.6 Å². The highest BCUT2D eigenvalue weighted by Gasteiger charge is 2.53. The van der Waals surface area contributed by atoms with E-state index in [4.69, 9.17) is 10.5 Å². The number of nitrogens with zero attached hydrogens (tertiary/aromatic N) is 3. The van der Waals surface area contributed by atoms with Crippen molar-refractivity contribution in [3.05, 3.63) is 29.6 Å². The van der Waals surface area contributed by atoms with Crippen molar-refractivity contribution in [3.8, 4) is 0 Å². The number of fused-ring (bicyclic) bond motifs is 2. The van der Waals surface area contributed by atoms with Gasteiger partial charge in [-0.1, -0.05) is 6.42 Å². The molecule has 152 valence electrons. The lowest BCUT2D eigenvalue weighted by Crippen LogP contribution is -2.59. The number of rotatable bonds is 6. The van der Waals surface area contributed by atoms with Crippen LogP contribution in [-0.2, 0) is 10.3 Å². The second kappa shape index (κ2) is 7.67. The molecule has 2 aliphatic heterocycles. The fourth-order valence-electron chi connectivity index (χ4n) is 5.42. The number of primary amides is 1. The minimum absolute atomic E-state index is 0.0409. The summed E-state index contributed by atoms with van der Waals surface area (Å²) in [5, 5.41) is 2.86. The van der Waals surface area contributed by atoms with Gasteiger partial charge in [0.2, 0.25) is 0 Å². The smallest absolute Gasteiger partial charge is 0.317 e. The number of ether oxygens (including phenoxy) is 1. The number of piperidine rings is 1. The maximum Gasteiger partial charge on any atom is 0.317 e. The van der Waals surface area contributed by atoms with Gasteiger partial charge in [-0.3, -0.25) is 9.78 Å². The number of amides is 3. The van der Waals surface area contributed by atoms with Gasteiger partial charge in [0.25, 0.3) is 5.91 Å². The van der Waals surface area contributed by atoms with Gasteiger partial charge >= 0.3 is 6.03 Å². The third kappa shape index (κ3) is 3.24. The first kappa shape index (κ1) is 19.1. The van der Waals surface area contributed by atoms with Gasteiger partial charge < -0.3 is 25.6 Å². The summed E-state index contributed by atoms with van der Waals surface area (Å²) in [5.41, 5.74) is 6.34. The predicted molar refractivity (Wildman–Crippen MR) is 104 cm³/mol. The summed E-state index contributed by atoms with van der Waals surface area (Å²) in [6, 6.07) is 3.81. The molecule has 3 atom stereocenters. The van der Waals surface area contributed by atoms with Crippen LogP contribution in [0.2, 0.25) is 0 Å². The Morgan fingerprint density at radius 1 is 1.36 bits per heavy atom. The van der Waals surface area contributed by atoms with E-state index in [0.717, 1.165) is 57.7 Å². The molecule has 3 amide bonds. The SMILES string of the molecule is COC1(c2ccnc(C(N)=O)c2)[C@@H]2CCC[C@H]1CN(CCN1CCNC1=O)C2. The second-order valence-electron chi connectivity index (χ2n) is 8.09. The number of hydrogen-bond donors (Lipinski definition) is 2. The summed E-state index contributed by atoms with van der Waals surface area (Å²) >= 11 is 0. The van der Waals surface area contributed by atoms with Gasteiger partial charge in [0.1, 0.15) is 11.3 Å². The first-order valence-electron chi connectivity index (χ1n) is 10.1. The highest BCUT2D eigenvalue weighted by molar-refractivity contribution is 5.90. The van der Waals surface area contributed by atoms with Crippen molar-refractivity contribution < 1.29 is 14.3 Å². The minimum Gasteiger partial charge on any atom is -0.373 e. The van der Waals surface area contributed by atoms with Crippen molar-refractivity contribution in [1.82, 2.24) is 20.1 Å². The van der Waals surface area contributed by atoms with Gasteiger partial charge in [-0.05, 0) is 30.5 Å². The van der Waals surface area contributed by atoms with E-state index < -0.39 is 11.5 Å². The van der Waals surface area contributed by atoms with Gasteiger partial charge in [0.05, 0.1) is 0 Å². The number of likely N-dealkylation sites (tertiary alicyclic amines) is 1. The summed E-state index contributed by atoms with van der Waals surface area (Å²) in [6.45, 7) is 5.01. The van der Waals surface area contributed by atoms with Gasteiger partial charge in [0.15, 0.2) is 0 Å². The predicted octanol–water partition coefficient (Wildman–Crippen LogP) is 0.779. The van der Waals surface area contributed by atoms with Crippen molar-refractivity contribution in [3.63, 3.8) is 0 Å². The van der Waals surface area contributed by atoms with Crippen molar-refractivity contribution in [1.29, 1.82) is 0 Å². The van der Waals surface area contributed by atoms with Crippen LogP contribution in [0.3, 0.4) is 0 Å². The Morgan fingerprint density at radius 3 is 2.71 bits per heavy atom. The highest BCUT2D eigenvalue weighted by Crippen LogP contribution is 2.51. The zero-order chi connectivity index (χ0) is 19.7. The van der Waals surface area contributed by atoms with Crippen LogP contribution in [-0.4, -0.2) is 73.1 Å². The molecule has 3 fully saturated rings. The van der Waals surface area contributed by atoms with Crippen molar-refractivity contribution in [2.45, 2.75) is 24.9 Å². The Labute approximate surface area is 165 Å². The van der Waals surface area contributed by atoms with Crippen LogP contribution in [0, 0.1) is 11.8 Å². The summed E-state index contributed by atoms with van der Waals surface area (Å²) in [7, 11) is 1.78. The Morgan fingerprint density at radius 2 is 2.11 bits per heavy atom. The molecule has 2 saturated heterocycles. The van der Waals surface area contributed by atoms with Crippen LogP contribution in [0.1, 0.15) is 35.3 Å². The third-order valence-electron chi connectivity index (χ3n) is 6.71. The number of carbonyl (C=O) groups excluding carboxylic acids is 2. The number of nitrogens with one attached hydrogen (secondary N) is 1. The number of pyridine rings is 1. The van der Waals surface area contributed by atoms with Crippen LogP contribution < -0.4 is 11.1 Å². The topological polar surface area (TPSA) is 101 Å². The molecule has 4 rings (SSSR count). The number of nitrogens with two attached hydrogens (primary N) is 1. The summed E-state index contributed by atoms with van der Waals surface area (Å²) < 4.78 is 6.23. The third-order valence-corrected chi connectivity index (χ3v) is 6.71. The lowest BCUT2D eigenvalue weighted by Gasteiger charge is -2.55. The zero-order valence-corrected chi connectivity index (χ0v) is 16.4. The van der Waals surface area contributed by atoms with Crippen molar-refractivity contribution >= 4 is 11.9 Å². The summed E-state index contributed by atoms with van der Waals surface area (Å²) in [4.78, 5) is 31.9. The number of hydrogen-bond acceptors (Lipinski definition) is 5. The molecule has 0 spiro atoms. The van der Waals surface area contributed by atoms with E-state index in [0.29, 0.717) is 11.8 Å². The Hall–Kier alpha value is -2.19. The van der Waals surface area contributed by atoms with Crippen molar-refractivity contribution in [2.75, 3.05) is 46.4 Å². The standard InChI is InChI=1S/C20H29N5O3/c1-28-20(14-5-6-22-17(11-14)18(21)26)15-3-2-4-16(20)13-24(12-15)9-10-25-8-7-23-19(25)27/h5-6,11,15-16H,2-4,7-10,12-13H2,1H3,(H2,21,26)(H,23,27)/t15-,16+,20?. The van der Waals surface area contributed by atoms with Gasteiger partial charge in [-0.15, -0.1) is 0 Å². The van der Waals surface area contributed by atoms with Crippen LogP contribution in [0.25, 0.3) is 0 Å². The molecule has 0 aromatic carbocycles. The normalized spacial score (nSPS) is 30.3. The minimum atomic E-state index is -0.514. The maximum absolute atomic E-state index is 11.8. The molecule has 1 aromatic rings. The largest absolute Gasteiger partial charge is 0.373 e. The summed E-state index contributed by atoms with van der Waals surface area (Å²) in [6.07, 6.45) is 5.01. The van der Waals surface area contributed by atoms with E-state index in [9.17, 15) is 9.59 Å². The highest BCUT2D eigenvalue weighted by atomic mass is 16.5. The number of urea groups is 1. The lowest BCUT2D eigenvalue weighted by molar-refractivity contribution is -0.169. The van der Waals surface area contributed by atoms with E-state index in [1.807, 2.05) is 11.0 Å². The Kier molecular flexibility index (Phi) is 5.25. The molecule has 3 aliphatic rings. The van der Waals surface area contributed by atoms with Crippen LogP contribution in [0.5, 0.6) is 0 Å². The molecule has 1 aromatic heterocycles. The number of aromatic nitrogens is 1. The van der Waals surface area contributed by atoms with E-state index in [-0.39, 0.29) is 11.7 Å². The zero-order valence-electron chi connectivity index (χ0n) is 16.4. The van der Waals surface area contributed by atoms with E-state index >= 15 is 0 Å².